The smallest absolute Gasteiger partial charge is 0.128 e. The fraction of sp³-hybridized carbons (Fsp3) is 0.385. The molecule has 3 heterocycles. The summed E-state index contributed by atoms with van der Waals surface area (Å²) in [6.07, 6.45) is 3.62. The number of thiophene rings is 1. The zero-order chi connectivity index (χ0) is 22.1. The molecule has 32 heavy (non-hydrogen) atoms. The normalized spacial score (nSPS) is 20.6. The second kappa shape index (κ2) is 9.14. The van der Waals surface area contributed by atoms with E-state index in [1.165, 1.54) is 15.0 Å². The lowest BCUT2D eigenvalue weighted by Gasteiger charge is -2.38. The van der Waals surface area contributed by atoms with Gasteiger partial charge in [0.05, 0.1) is 7.11 Å². The zero-order valence-electron chi connectivity index (χ0n) is 18.6. The molecular weight excluding hydrogens is 420 g/mol. The number of β-amino-alcohol motifs (C(OH)–C–C–N with tert-alkyl or cyclic N) is 1. The second-order valence-corrected chi connectivity index (χ2v) is 9.89. The van der Waals surface area contributed by atoms with Crippen LogP contribution in [0.5, 0.6) is 11.5 Å². The van der Waals surface area contributed by atoms with Crippen LogP contribution in [0.15, 0.2) is 54.7 Å². The first-order valence-corrected chi connectivity index (χ1v) is 12.1. The molecule has 0 aliphatic carbocycles. The summed E-state index contributed by atoms with van der Waals surface area (Å²) in [4.78, 5) is 7.06. The molecule has 2 aromatic carbocycles. The number of likely N-dealkylation sites (tertiary alicyclic amines) is 1. The van der Waals surface area contributed by atoms with Crippen molar-refractivity contribution in [3.05, 3.63) is 59.6 Å². The van der Waals surface area contributed by atoms with E-state index in [2.05, 4.69) is 35.0 Å². The summed E-state index contributed by atoms with van der Waals surface area (Å²) in [6, 6.07) is 17.0. The maximum atomic E-state index is 10.6. The molecule has 1 aliphatic rings. The maximum Gasteiger partial charge on any atom is 0.128 e. The van der Waals surface area contributed by atoms with Gasteiger partial charge in [-0.05, 0) is 80.1 Å². The van der Waals surface area contributed by atoms with Crippen molar-refractivity contribution in [1.29, 1.82) is 0 Å². The summed E-state index contributed by atoms with van der Waals surface area (Å²) < 4.78 is 12.6. The van der Waals surface area contributed by atoms with Gasteiger partial charge >= 0.3 is 0 Å². The number of piperidine rings is 1. The third-order valence-electron chi connectivity index (χ3n) is 6.59. The molecule has 0 spiro atoms. The molecule has 0 saturated carbocycles. The van der Waals surface area contributed by atoms with E-state index in [4.69, 9.17) is 9.47 Å². The molecule has 168 valence electrons. The molecule has 6 heteroatoms. The third kappa shape index (κ3) is 4.35. The topological polar surface area (TPSA) is 57.7 Å². The number of aromatic amines is 1. The zero-order valence-corrected chi connectivity index (χ0v) is 19.4. The highest BCUT2D eigenvalue weighted by Gasteiger charge is 2.29. The Hall–Kier alpha value is -2.54. The van der Waals surface area contributed by atoms with E-state index in [9.17, 15) is 5.11 Å². The van der Waals surface area contributed by atoms with Crippen molar-refractivity contribution in [2.45, 2.75) is 37.8 Å². The molecule has 1 fully saturated rings. The molecule has 3 atom stereocenters. The highest BCUT2D eigenvalue weighted by molar-refractivity contribution is 7.19. The molecule has 1 saturated heterocycles. The van der Waals surface area contributed by atoms with Gasteiger partial charge in [-0.3, -0.25) is 4.90 Å². The van der Waals surface area contributed by atoms with E-state index in [0.29, 0.717) is 25.1 Å². The summed E-state index contributed by atoms with van der Waals surface area (Å²) >= 11 is 1.89. The molecule has 4 aromatic rings. The van der Waals surface area contributed by atoms with Crippen LogP contribution in [0.3, 0.4) is 0 Å². The number of rotatable bonds is 7. The molecule has 5 rings (SSSR count). The van der Waals surface area contributed by atoms with Crippen LogP contribution < -0.4 is 9.47 Å². The Bertz CT molecular complexity index is 1200. The van der Waals surface area contributed by atoms with E-state index in [1.807, 2.05) is 47.9 Å². The van der Waals surface area contributed by atoms with E-state index in [1.54, 1.807) is 7.11 Å². The van der Waals surface area contributed by atoms with Gasteiger partial charge in [-0.2, -0.15) is 0 Å². The minimum Gasteiger partial charge on any atom is -0.497 e. The van der Waals surface area contributed by atoms with E-state index >= 15 is 0 Å². The highest BCUT2D eigenvalue weighted by Crippen LogP contribution is 2.39. The van der Waals surface area contributed by atoms with Gasteiger partial charge < -0.3 is 19.6 Å². The minimum atomic E-state index is -0.514. The summed E-state index contributed by atoms with van der Waals surface area (Å²) in [5.74, 6) is 2.30. The quantitative estimate of drug-likeness (QED) is 0.396. The van der Waals surface area contributed by atoms with Crippen LogP contribution in [0.1, 0.15) is 30.6 Å². The van der Waals surface area contributed by atoms with Crippen molar-refractivity contribution in [3.63, 3.8) is 0 Å². The number of hydrogen-bond acceptors (Lipinski definition) is 5. The lowest BCUT2D eigenvalue weighted by molar-refractivity contribution is 0.0408. The van der Waals surface area contributed by atoms with Gasteiger partial charge in [0, 0.05) is 39.3 Å². The van der Waals surface area contributed by atoms with Crippen LogP contribution in [-0.4, -0.2) is 53.9 Å². The van der Waals surface area contributed by atoms with Crippen LogP contribution in [0.2, 0.25) is 0 Å². The summed E-state index contributed by atoms with van der Waals surface area (Å²) in [5, 5.41) is 13.0. The van der Waals surface area contributed by atoms with Crippen LogP contribution in [0.4, 0.5) is 0 Å². The highest BCUT2D eigenvalue weighted by atomic mass is 32.1. The van der Waals surface area contributed by atoms with Crippen molar-refractivity contribution in [3.8, 4) is 11.5 Å². The number of nitrogens with one attached hydrogen (secondary N) is 1. The minimum absolute atomic E-state index is 0.301. The first kappa shape index (κ1) is 21.3. The van der Waals surface area contributed by atoms with Crippen LogP contribution in [0.25, 0.3) is 21.0 Å². The molecule has 3 unspecified atom stereocenters. The number of benzene rings is 2. The van der Waals surface area contributed by atoms with E-state index in [0.717, 1.165) is 41.8 Å². The van der Waals surface area contributed by atoms with Gasteiger partial charge in [0.1, 0.15) is 24.2 Å². The Balaban J connectivity index is 1.17. The largest absolute Gasteiger partial charge is 0.497 e. The van der Waals surface area contributed by atoms with Crippen LogP contribution >= 0.6 is 11.3 Å². The van der Waals surface area contributed by atoms with Crippen molar-refractivity contribution < 1.29 is 14.6 Å². The lowest BCUT2D eigenvalue weighted by atomic mass is 9.90. The SMILES string of the molecule is COc1ccc2cc(C3CCN(CC(O)COc4cccc5[nH]ccc45)C(C)C3)sc2c1. The number of fused-ring (bicyclic) bond motifs is 2. The Morgan fingerprint density at radius 2 is 2.12 bits per heavy atom. The van der Waals surface area contributed by atoms with Gasteiger partial charge in [-0.1, -0.05) is 6.07 Å². The predicted molar refractivity (Wildman–Crippen MR) is 131 cm³/mol. The van der Waals surface area contributed by atoms with Crippen LogP contribution in [-0.2, 0) is 0 Å². The Labute approximate surface area is 192 Å². The number of aliphatic hydroxyl groups is 1. The molecule has 0 amide bonds. The van der Waals surface area contributed by atoms with Crippen molar-refractivity contribution in [2.75, 3.05) is 26.8 Å². The van der Waals surface area contributed by atoms with Crippen LogP contribution in [0, 0.1) is 0 Å². The predicted octanol–water partition coefficient (Wildman–Crippen LogP) is 5.40. The monoisotopic (exact) mass is 450 g/mol. The fourth-order valence-corrected chi connectivity index (χ4v) is 6.04. The third-order valence-corrected chi connectivity index (χ3v) is 7.85. The molecule has 0 bridgehead atoms. The summed E-state index contributed by atoms with van der Waals surface area (Å²) in [5.41, 5.74) is 1.05. The fourth-order valence-electron chi connectivity index (χ4n) is 4.80. The molecule has 0 radical (unpaired) electrons. The number of ether oxygens (including phenoxy) is 2. The molecule has 1 aliphatic heterocycles. The molecule has 2 aromatic heterocycles. The van der Waals surface area contributed by atoms with Gasteiger partial charge in [-0.25, -0.2) is 0 Å². The van der Waals surface area contributed by atoms with Gasteiger partial charge in [-0.15, -0.1) is 11.3 Å². The summed E-state index contributed by atoms with van der Waals surface area (Å²) in [6.45, 7) is 4.21. The van der Waals surface area contributed by atoms with Gasteiger partial charge in [0.25, 0.3) is 0 Å². The standard InChI is InChI=1S/C26H30N2O3S/c1-17-12-19(25-13-18-6-7-21(30-2)14-26(18)32-25)9-11-28(17)15-20(29)16-31-24-5-3-4-23-22(24)8-10-27-23/h3-8,10,13-14,17,19-20,27,29H,9,11-12,15-16H2,1-2H3. The molecule has 5 nitrogen and oxygen atoms in total. The van der Waals surface area contributed by atoms with Gasteiger partial charge in [0.15, 0.2) is 0 Å². The molecular formula is C26H30N2O3S. The Kier molecular flexibility index (Phi) is 6.09. The number of aliphatic hydroxyl groups excluding tert-OH is 1. The van der Waals surface area contributed by atoms with E-state index < -0.39 is 6.10 Å². The first-order valence-electron chi connectivity index (χ1n) is 11.3. The molecule has 2 N–H and O–H groups in total. The second-order valence-electron chi connectivity index (χ2n) is 8.78. The van der Waals surface area contributed by atoms with Crippen molar-refractivity contribution >= 4 is 32.3 Å². The Morgan fingerprint density at radius 1 is 1.22 bits per heavy atom. The van der Waals surface area contributed by atoms with E-state index in [-0.39, 0.29) is 0 Å². The lowest BCUT2D eigenvalue weighted by Crippen LogP contribution is -2.45. The maximum absolute atomic E-state index is 10.6. The number of methoxy groups -OCH3 is 1. The average Bonchev–Trinajstić information content (AvgIpc) is 3.45. The summed E-state index contributed by atoms with van der Waals surface area (Å²) in [7, 11) is 1.72. The van der Waals surface area contributed by atoms with Crippen molar-refractivity contribution in [1.82, 2.24) is 9.88 Å². The average molecular weight is 451 g/mol. The van der Waals surface area contributed by atoms with Gasteiger partial charge in [0.2, 0.25) is 0 Å². The number of H-pyrrole nitrogens is 1. The number of hydrogen-bond donors (Lipinski definition) is 2. The number of aromatic nitrogens is 1. The Morgan fingerprint density at radius 3 is 2.97 bits per heavy atom. The number of nitrogens with zero attached hydrogens (tertiary/aromatic N) is 1. The van der Waals surface area contributed by atoms with Crippen molar-refractivity contribution in [2.24, 2.45) is 0 Å². The first-order chi connectivity index (χ1) is 15.6.